The average Bonchev–Trinajstić information content (AvgIpc) is 3.40. The van der Waals surface area contributed by atoms with Gasteiger partial charge in [0.1, 0.15) is 11.7 Å². The minimum atomic E-state index is -0.625. The number of amides is 1. The van der Waals surface area contributed by atoms with Gasteiger partial charge in [-0.2, -0.15) is 9.78 Å². The molecule has 0 aliphatic carbocycles. The van der Waals surface area contributed by atoms with Gasteiger partial charge < -0.3 is 9.47 Å². The van der Waals surface area contributed by atoms with Crippen LogP contribution in [0, 0.1) is 0 Å². The van der Waals surface area contributed by atoms with Gasteiger partial charge in [0.05, 0.1) is 30.6 Å². The number of hydrogen-bond acceptors (Lipinski definition) is 6. The molecule has 2 atom stereocenters. The monoisotopic (exact) mass is 561 g/mol. The number of carbonyl (C=O) groups is 1. The smallest absolute Gasteiger partial charge is 0.410 e. The highest BCUT2D eigenvalue weighted by atomic mass is 35.5. The van der Waals surface area contributed by atoms with Gasteiger partial charge in [-0.3, -0.25) is 4.90 Å². The Hall–Kier alpha value is -3.75. The summed E-state index contributed by atoms with van der Waals surface area (Å²) < 4.78 is 13.9. The van der Waals surface area contributed by atoms with Crippen molar-refractivity contribution in [2.24, 2.45) is 0 Å². The molecule has 1 aliphatic rings. The van der Waals surface area contributed by atoms with Crippen molar-refractivity contribution in [3.05, 3.63) is 102 Å². The molecule has 0 N–H and O–H groups in total. The predicted molar refractivity (Wildman–Crippen MR) is 157 cm³/mol. The van der Waals surface area contributed by atoms with E-state index in [0.717, 1.165) is 12.8 Å². The van der Waals surface area contributed by atoms with Gasteiger partial charge in [-0.1, -0.05) is 60.7 Å². The van der Waals surface area contributed by atoms with Gasteiger partial charge in [-0.15, -0.1) is 0 Å². The molecule has 210 valence electrons. The largest absolute Gasteiger partial charge is 0.444 e. The Morgan fingerprint density at radius 2 is 1.90 bits per heavy atom. The molecule has 8 nitrogen and oxygen atoms in total. The highest BCUT2D eigenvalue weighted by Crippen LogP contribution is 2.31. The third-order valence-corrected chi connectivity index (χ3v) is 6.73. The number of nitrogens with zero attached hydrogens (tertiary/aromatic N) is 5. The summed E-state index contributed by atoms with van der Waals surface area (Å²) in [5.74, 6) is 0.394. The lowest BCUT2D eigenvalue weighted by atomic mass is 10.0. The molecule has 4 rings (SSSR count). The van der Waals surface area contributed by atoms with Crippen molar-refractivity contribution in [1.29, 1.82) is 0 Å². The van der Waals surface area contributed by atoms with Crippen molar-refractivity contribution in [2.45, 2.75) is 58.3 Å². The summed E-state index contributed by atoms with van der Waals surface area (Å²) in [6, 6.07) is 13.7. The van der Waals surface area contributed by atoms with E-state index in [9.17, 15) is 4.79 Å². The van der Waals surface area contributed by atoms with E-state index in [2.05, 4.69) is 28.7 Å². The van der Waals surface area contributed by atoms with Crippen molar-refractivity contribution < 1.29 is 14.3 Å². The number of carbonyl (C=O) groups excluding carboxylic acids is 1. The maximum atomic E-state index is 13.4. The van der Waals surface area contributed by atoms with E-state index in [1.807, 2.05) is 52.0 Å². The number of rotatable bonds is 8. The van der Waals surface area contributed by atoms with E-state index >= 15 is 0 Å². The Balaban J connectivity index is 1.64. The van der Waals surface area contributed by atoms with Crippen LogP contribution in [0.2, 0.25) is 0 Å². The molecule has 0 bridgehead atoms. The molecule has 3 heterocycles. The number of ether oxygens (including phenoxy) is 2. The van der Waals surface area contributed by atoms with E-state index < -0.39 is 11.7 Å². The summed E-state index contributed by atoms with van der Waals surface area (Å²) in [4.78, 5) is 24.0. The van der Waals surface area contributed by atoms with Crippen LogP contribution in [0.4, 0.5) is 4.79 Å². The highest BCUT2D eigenvalue weighted by molar-refractivity contribution is 6.31. The van der Waals surface area contributed by atoms with Gasteiger partial charge in [0, 0.05) is 17.4 Å². The minimum Gasteiger partial charge on any atom is -0.444 e. The zero-order chi connectivity index (χ0) is 28.7. The van der Waals surface area contributed by atoms with E-state index in [1.165, 1.54) is 5.56 Å². The summed E-state index contributed by atoms with van der Waals surface area (Å²) in [5.41, 5.74) is 2.58. The Bertz CT molecular complexity index is 1360. The summed E-state index contributed by atoms with van der Waals surface area (Å²) in [6.07, 6.45) is 9.39. The van der Waals surface area contributed by atoms with Gasteiger partial charge >= 0.3 is 6.09 Å². The standard InChI is InChI=1S/C31H36ClN5O3/c1-6-24(32)15-13-22(2)26-19-27(37(35-26)29-33-17-10-18-34-29)28-20-36(30(38)40-31(3,4)5)25(21-39-28)16-14-23-11-8-7-9-12-23/h6-13,15,17-19,25,28H,2,14,16,20-21H2,1,3-5H3/b15-13-,24-6+. The summed E-state index contributed by atoms with van der Waals surface area (Å²) in [7, 11) is 0. The summed E-state index contributed by atoms with van der Waals surface area (Å²) in [6.45, 7) is 12.3. The Morgan fingerprint density at radius 1 is 1.18 bits per heavy atom. The van der Waals surface area contributed by atoms with Crippen LogP contribution in [-0.2, 0) is 15.9 Å². The first-order chi connectivity index (χ1) is 19.1. The lowest BCUT2D eigenvalue weighted by Crippen LogP contribution is -2.51. The summed E-state index contributed by atoms with van der Waals surface area (Å²) >= 11 is 6.14. The predicted octanol–water partition coefficient (Wildman–Crippen LogP) is 6.68. The quantitative estimate of drug-likeness (QED) is 0.285. The van der Waals surface area contributed by atoms with Crippen LogP contribution >= 0.6 is 11.6 Å². The van der Waals surface area contributed by atoms with Gasteiger partial charge in [0.25, 0.3) is 5.95 Å². The van der Waals surface area contributed by atoms with Crippen LogP contribution in [0.15, 0.2) is 84.7 Å². The third-order valence-electron chi connectivity index (χ3n) is 6.39. The maximum absolute atomic E-state index is 13.4. The molecule has 1 fully saturated rings. The van der Waals surface area contributed by atoms with Crippen LogP contribution in [0.5, 0.6) is 0 Å². The van der Waals surface area contributed by atoms with Crippen LogP contribution in [0.3, 0.4) is 0 Å². The van der Waals surface area contributed by atoms with Crippen LogP contribution in [0.25, 0.3) is 11.5 Å². The number of aryl methyl sites for hydroxylation is 1. The molecule has 1 aromatic carbocycles. The van der Waals surface area contributed by atoms with E-state index in [1.54, 1.807) is 46.3 Å². The van der Waals surface area contributed by atoms with Gasteiger partial charge in [-0.25, -0.2) is 14.8 Å². The van der Waals surface area contributed by atoms with E-state index in [-0.39, 0.29) is 12.1 Å². The number of halogens is 1. The number of benzene rings is 1. The highest BCUT2D eigenvalue weighted by Gasteiger charge is 2.37. The second kappa shape index (κ2) is 13.1. The molecule has 0 radical (unpaired) electrons. The van der Waals surface area contributed by atoms with Gasteiger partial charge in [-0.05, 0) is 69.9 Å². The zero-order valence-electron chi connectivity index (χ0n) is 23.5. The second-order valence-corrected chi connectivity index (χ2v) is 11.0. The van der Waals surface area contributed by atoms with E-state index in [4.69, 9.17) is 26.2 Å². The number of hydrogen-bond donors (Lipinski definition) is 0. The third kappa shape index (κ3) is 7.67. The minimum absolute atomic E-state index is 0.143. The average molecular weight is 562 g/mol. The molecule has 2 aromatic heterocycles. The number of allylic oxidation sites excluding steroid dienone is 5. The molecule has 1 saturated heterocycles. The van der Waals surface area contributed by atoms with Crippen molar-refractivity contribution in [1.82, 2.24) is 24.6 Å². The molecule has 3 aromatic rings. The maximum Gasteiger partial charge on any atom is 0.410 e. The fourth-order valence-electron chi connectivity index (χ4n) is 4.34. The molecule has 0 saturated carbocycles. The topological polar surface area (TPSA) is 82.4 Å². The molecule has 40 heavy (non-hydrogen) atoms. The Kier molecular flexibility index (Phi) is 9.55. The fourth-order valence-corrected chi connectivity index (χ4v) is 4.41. The van der Waals surface area contributed by atoms with Crippen molar-refractivity contribution in [3.8, 4) is 5.95 Å². The van der Waals surface area contributed by atoms with Gasteiger partial charge in [0.2, 0.25) is 0 Å². The van der Waals surface area contributed by atoms with Crippen LogP contribution in [-0.4, -0.2) is 55.5 Å². The molecular formula is C31H36ClN5O3. The molecule has 9 heteroatoms. The fraction of sp³-hybridized carbons (Fsp3) is 0.355. The molecule has 0 spiro atoms. The first-order valence-corrected chi connectivity index (χ1v) is 13.7. The molecular weight excluding hydrogens is 526 g/mol. The van der Waals surface area contributed by atoms with Crippen molar-refractivity contribution in [3.63, 3.8) is 0 Å². The zero-order valence-corrected chi connectivity index (χ0v) is 24.2. The van der Waals surface area contributed by atoms with Gasteiger partial charge in [0.15, 0.2) is 0 Å². The van der Waals surface area contributed by atoms with Crippen molar-refractivity contribution in [2.75, 3.05) is 13.2 Å². The lowest BCUT2D eigenvalue weighted by molar-refractivity contribution is -0.0748. The summed E-state index contributed by atoms with van der Waals surface area (Å²) in [5, 5.41) is 5.34. The lowest BCUT2D eigenvalue weighted by Gasteiger charge is -2.40. The first-order valence-electron chi connectivity index (χ1n) is 13.4. The number of aromatic nitrogens is 4. The second-order valence-electron chi connectivity index (χ2n) is 10.6. The Morgan fingerprint density at radius 3 is 2.58 bits per heavy atom. The molecule has 1 aliphatic heterocycles. The van der Waals surface area contributed by atoms with Crippen molar-refractivity contribution >= 4 is 23.3 Å². The first kappa shape index (κ1) is 29.2. The van der Waals surface area contributed by atoms with Crippen LogP contribution in [0.1, 0.15) is 57.2 Å². The molecule has 2 unspecified atom stereocenters. The van der Waals surface area contributed by atoms with Crippen LogP contribution < -0.4 is 0 Å². The SMILES string of the molecule is C=C(/C=C\C(Cl)=C/C)c1cc(C2CN(C(=O)OC(C)(C)C)C(CCc3ccccc3)CO2)n(-c2ncccn2)n1. The van der Waals surface area contributed by atoms with E-state index in [0.29, 0.717) is 41.1 Å². The normalized spacial score (nSPS) is 18.2. The Labute approximate surface area is 241 Å². The number of morpholine rings is 1. The molecule has 1 amide bonds.